The number of hydrogen-bond donors (Lipinski definition) is 1. The molecule has 1 aromatic heterocycles. The molecule has 1 atom stereocenters. The Balaban J connectivity index is 1.76. The second kappa shape index (κ2) is 6.93. The second-order valence-corrected chi connectivity index (χ2v) is 6.21. The van der Waals surface area contributed by atoms with E-state index in [-0.39, 0.29) is 0 Å². The van der Waals surface area contributed by atoms with E-state index in [9.17, 15) is 0 Å². The molecule has 0 amide bonds. The molecule has 1 aliphatic heterocycles. The van der Waals surface area contributed by atoms with Gasteiger partial charge in [-0.05, 0) is 36.2 Å². The van der Waals surface area contributed by atoms with E-state index >= 15 is 0 Å². The molecule has 2 heterocycles. The van der Waals surface area contributed by atoms with Gasteiger partial charge in [0.05, 0.1) is 19.4 Å². The largest absolute Gasteiger partial charge is 0.497 e. The van der Waals surface area contributed by atoms with Gasteiger partial charge in [0.25, 0.3) is 0 Å². The van der Waals surface area contributed by atoms with Crippen molar-refractivity contribution >= 4 is 5.71 Å². The van der Waals surface area contributed by atoms with Crippen molar-refractivity contribution in [1.29, 1.82) is 0 Å². The van der Waals surface area contributed by atoms with Crippen molar-refractivity contribution in [2.75, 3.05) is 20.2 Å². The summed E-state index contributed by atoms with van der Waals surface area (Å²) in [4.78, 5) is 8.99. The van der Waals surface area contributed by atoms with Crippen molar-refractivity contribution in [2.24, 2.45) is 4.99 Å². The Labute approximate surface area is 148 Å². The minimum absolute atomic E-state index is 0.345. The third-order valence-corrected chi connectivity index (χ3v) is 4.66. The Kier molecular flexibility index (Phi) is 4.34. The average molecular weight is 331 g/mol. The van der Waals surface area contributed by atoms with Crippen LogP contribution < -0.4 is 10.1 Å². The summed E-state index contributed by atoms with van der Waals surface area (Å²) in [5, 5.41) is 3.52. The van der Waals surface area contributed by atoms with Gasteiger partial charge in [0, 0.05) is 41.7 Å². The van der Waals surface area contributed by atoms with Crippen molar-refractivity contribution < 1.29 is 4.74 Å². The smallest absolute Gasteiger partial charge is 0.119 e. The lowest BCUT2D eigenvalue weighted by atomic mass is 9.85. The lowest BCUT2D eigenvalue weighted by Crippen LogP contribution is -2.21. The summed E-state index contributed by atoms with van der Waals surface area (Å²) in [6, 6.07) is 12.3. The Morgan fingerprint density at radius 1 is 1.16 bits per heavy atom. The molecule has 1 unspecified atom stereocenters. The van der Waals surface area contributed by atoms with Gasteiger partial charge in [-0.15, -0.1) is 0 Å². The number of aromatic nitrogens is 1. The van der Waals surface area contributed by atoms with E-state index in [0.717, 1.165) is 36.5 Å². The highest BCUT2D eigenvalue weighted by atomic mass is 16.5. The van der Waals surface area contributed by atoms with Crippen LogP contribution in [-0.2, 0) is 0 Å². The highest BCUT2D eigenvalue weighted by molar-refractivity contribution is 6.15. The fraction of sp³-hybridized carbons (Fsp3) is 0.238. The fourth-order valence-electron chi connectivity index (χ4n) is 3.39. The van der Waals surface area contributed by atoms with Gasteiger partial charge in [-0.25, -0.2) is 0 Å². The molecule has 4 heteroatoms. The number of nitrogens with zero attached hydrogens (tertiary/aromatic N) is 2. The number of fused-ring (bicyclic) bond motifs is 1. The van der Waals surface area contributed by atoms with Crippen molar-refractivity contribution in [3.05, 3.63) is 83.3 Å². The van der Waals surface area contributed by atoms with Crippen molar-refractivity contribution in [2.45, 2.75) is 12.3 Å². The Morgan fingerprint density at radius 2 is 2.04 bits per heavy atom. The zero-order chi connectivity index (χ0) is 17.1. The topological polar surface area (TPSA) is 46.5 Å². The van der Waals surface area contributed by atoms with Crippen LogP contribution in [0.1, 0.15) is 23.5 Å². The van der Waals surface area contributed by atoms with E-state index in [2.05, 4.69) is 46.7 Å². The number of pyridine rings is 1. The molecule has 0 saturated heterocycles. The van der Waals surface area contributed by atoms with Gasteiger partial charge in [-0.3, -0.25) is 9.98 Å². The van der Waals surface area contributed by atoms with Gasteiger partial charge in [0.2, 0.25) is 0 Å². The predicted molar refractivity (Wildman–Crippen MR) is 100 cm³/mol. The van der Waals surface area contributed by atoms with Gasteiger partial charge in [0.1, 0.15) is 5.75 Å². The summed E-state index contributed by atoms with van der Waals surface area (Å²) in [5.41, 5.74) is 5.78. The molecule has 4 rings (SSSR count). The monoisotopic (exact) mass is 331 g/mol. The summed E-state index contributed by atoms with van der Waals surface area (Å²) < 4.78 is 5.39. The molecule has 126 valence electrons. The molecule has 2 aliphatic rings. The SMILES string of the molecule is COc1cccc(C2=NCCNC3=CCC(c4ccncc4)C=C32)c1. The number of ether oxygens (including phenoxy) is 1. The zero-order valence-corrected chi connectivity index (χ0v) is 14.3. The van der Waals surface area contributed by atoms with Gasteiger partial charge in [-0.2, -0.15) is 0 Å². The first-order valence-corrected chi connectivity index (χ1v) is 8.60. The lowest BCUT2D eigenvalue weighted by Gasteiger charge is -2.23. The van der Waals surface area contributed by atoms with E-state index in [4.69, 9.17) is 9.73 Å². The number of aliphatic imine (C=N–C) groups is 1. The normalized spacial score (nSPS) is 19.6. The molecule has 0 bridgehead atoms. The van der Waals surface area contributed by atoms with Gasteiger partial charge in [0.15, 0.2) is 0 Å². The molecule has 0 fully saturated rings. The van der Waals surface area contributed by atoms with Crippen LogP contribution in [0, 0.1) is 0 Å². The third-order valence-electron chi connectivity index (χ3n) is 4.66. The predicted octanol–water partition coefficient (Wildman–Crippen LogP) is 3.48. The first-order chi connectivity index (χ1) is 12.3. The average Bonchev–Trinajstić information content (AvgIpc) is 2.90. The van der Waals surface area contributed by atoms with E-state index in [0.29, 0.717) is 5.92 Å². The van der Waals surface area contributed by atoms with E-state index in [1.54, 1.807) is 7.11 Å². The second-order valence-electron chi connectivity index (χ2n) is 6.21. The molecular formula is C21H21N3O. The Bertz CT molecular complexity index is 852. The number of allylic oxidation sites excluding steroid dienone is 3. The van der Waals surface area contributed by atoms with Crippen LogP contribution in [-0.4, -0.2) is 30.9 Å². The molecule has 25 heavy (non-hydrogen) atoms. The summed E-state index contributed by atoms with van der Waals surface area (Å²) in [5.74, 6) is 1.20. The number of benzene rings is 1. The van der Waals surface area contributed by atoms with Gasteiger partial charge in [-0.1, -0.05) is 24.3 Å². The molecular weight excluding hydrogens is 310 g/mol. The summed E-state index contributed by atoms with van der Waals surface area (Å²) in [6.45, 7) is 1.62. The molecule has 1 aromatic carbocycles. The molecule has 1 aliphatic carbocycles. The van der Waals surface area contributed by atoms with E-state index in [1.807, 2.05) is 24.5 Å². The van der Waals surface area contributed by atoms with Crippen molar-refractivity contribution in [3.8, 4) is 5.75 Å². The van der Waals surface area contributed by atoms with Crippen molar-refractivity contribution in [1.82, 2.24) is 10.3 Å². The molecule has 1 N–H and O–H groups in total. The molecule has 2 aromatic rings. The fourth-order valence-corrected chi connectivity index (χ4v) is 3.39. The van der Waals surface area contributed by atoms with Crippen LogP contribution >= 0.6 is 0 Å². The summed E-state index contributed by atoms with van der Waals surface area (Å²) in [6.07, 6.45) is 9.33. The molecule has 4 nitrogen and oxygen atoms in total. The maximum absolute atomic E-state index is 5.39. The first kappa shape index (κ1) is 15.6. The Morgan fingerprint density at radius 3 is 2.88 bits per heavy atom. The number of methoxy groups -OCH3 is 1. The van der Waals surface area contributed by atoms with E-state index < -0.39 is 0 Å². The van der Waals surface area contributed by atoms with E-state index in [1.165, 1.54) is 16.8 Å². The zero-order valence-electron chi connectivity index (χ0n) is 14.3. The van der Waals surface area contributed by atoms with Crippen LogP contribution in [0.4, 0.5) is 0 Å². The minimum atomic E-state index is 0.345. The molecule has 0 spiro atoms. The number of hydrogen-bond acceptors (Lipinski definition) is 4. The maximum atomic E-state index is 5.39. The van der Waals surface area contributed by atoms with Crippen LogP contribution in [0.15, 0.2) is 77.2 Å². The van der Waals surface area contributed by atoms with Crippen molar-refractivity contribution in [3.63, 3.8) is 0 Å². The number of nitrogens with one attached hydrogen (secondary N) is 1. The van der Waals surface area contributed by atoms with Gasteiger partial charge >= 0.3 is 0 Å². The summed E-state index contributed by atoms with van der Waals surface area (Å²) in [7, 11) is 1.69. The molecule has 0 radical (unpaired) electrons. The van der Waals surface area contributed by atoms with Crippen LogP contribution in [0.3, 0.4) is 0 Å². The standard InChI is InChI=1S/C21H21N3O/c1-25-18-4-2-3-17(13-18)21-19-14-16(15-7-9-22-10-8-15)5-6-20(19)23-11-12-24-21/h2-4,6-10,13-14,16,23H,5,11-12H2,1H3. The van der Waals surface area contributed by atoms with Gasteiger partial charge < -0.3 is 10.1 Å². The molecule has 0 saturated carbocycles. The van der Waals surface area contributed by atoms with Crippen LogP contribution in [0.2, 0.25) is 0 Å². The lowest BCUT2D eigenvalue weighted by molar-refractivity contribution is 0.414. The maximum Gasteiger partial charge on any atom is 0.119 e. The minimum Gasteiger partial charge on any atom is -0.497 e. The Hall–Kier alpha value is -2.88. The first-order valence-electron chi connectivity index (χ1n) is 8.60. The van der Waals surface area contributed by atoms with Crippen LogP contribution in [0.25, 0.3) is 0 Å². The highest BCUT2D eigenvalue weighted by Crippen LogP contribution is 2.32. The summed E-state index contributed by atoms with van der Waals surface area (Å²) >= 11 is 0. The quantitative estimate of drug-likeness (QED) is 0.936. The number of rotatable bonds is 3. The van der Waals surface area contributed by atoms with Crippen LogP contribution in [0.5, 0.6) is 5.75 Å². The highest BCUT2D eigenvalue weighted by Gasteiger charge is 2.23. The third kappa shape index (κ3) is 3.20.